The zero-order valence-corrected chi connectivity index (χ0v) is 11.2. The Hall–Kier alpha value is -1.81. The van der Waals surface area contributed by atoms with Crippen molar-refractivity contribution in [2.24, 2.45) is 5.92 Å². The van der Waals surface area contributed by atoms with Crippen LogP contribution >= 0.6 is 0 Å². The van der Waals surface area contributed by atoms with Crippen LogP contribution in [0.2, 0.25) is 0 Å². The largest absolute Gasteiger partial charge is 0.384 e. The van der Waals surface area contributed by atoms with Gasteiger partial charge in [-0.25, -0.2) is 4.39 Å². The molecule has 1 saturated carbocycles. The van der Waals surface area contributed by atoms with Crippen molar-refractivity contribution in [3.05, 3.63) is 59.9 Å². The normalized spacial score (nSPS) is 18.3. The summed E-state index contributed by atoms with van der Waals surface area (Å²) in [4.78, 5) is 8.30. The molecule has 1 aromatic heterocycles. The zero-order chi connectivity index (χ0) is 14.0. The van der Waals surface area contributed by atoms with Crippen molar-refractivity contribution >= 4 is 0 Å². The summed E-state index contributed by atoms with van der Waals surface area (Å²) in [5.74, 6) is -0.0841. The minimum absolute atomic E-state index is 0.204. The fraction of sp³-hybridized carbons (Fsp3) is 0.375. The lowest BCUT2D eigenvalue weighted by Crippen LogP contribution is -2.41. The average Bonchev–Trinajstić information content (AvgIpc) is 2.38. The van der Waals surface area contributed by atoms with Crippen molar-refractivity contribution < 1.29 is 9.50 Å². The van der Waals surface area contributed by atoms with E-state index in [2.05, 4.69) is 9.97 Å². The number of halogens is 1. The van der Waals surface area contributed by atoms with Gasteiger partial charge in [0.05, 0.1) is 11.3 Å². The van der Waals surface area contributed by atoms with Gasteiger partial charge >= 0.3 is 0 Å². The lowest BCUT2D eigenvalue weighted by atomic mass is 9.68. The second kappa shape index (κ2) is 5.29. The van der Waals surface area contributed by atoms with Gasteiger partial charge in [0.25, 0.3) is 0 Å². The molecule has 0 bridgehead atoms. The van der Waals surface area contributed by atoms with E-state index < -0.39 is 5.60 Å². The molecule has 0 amide bonds. The first-order valence-corrected chi connectivity index (χ1v) is 6.92. The van der Waals surface area contributed by atoms with Gasteiger partial charge in [0.1, 0.15) is 5.82 Å². The third kappa shape index (κ3) is 2.43. The molecule has 1 aliphatic rings. The Bertz CT molecular complexity index is 569. The topological polar surface area (TPSA) is 46.0 Å². The smallest absolute Gasteiger partial charge is 0.123 e. The van der Waals surface area contributed by atoms with Gasteiger partial charge in [-0.05, 0) is 36.5 Å². The highest BCUT2D eigenvalue weighted by Gasteiger charge is 2.42. The molecule has 20 heavy (non-hydrogen) atoms. The van der Waals surface area contributed by atoms with Gasteiger partial charge in [-0.1, -0.05) is 18.6 Å². The molecule has 4 heteroatoms. The first-order chi connectivity index (χ1) is 9.68. The quantitative estimate of drug-likeness (QED) is 0.931. The molecule has 3 nitrogen and oxygen atoms in total. The summed E-state index contributed by atoms with van der Waals surface area (Å²) in [5, 5.41) is 11.2. The van der Waals surface area contributed by atoms with Crippen molar-refractivity contribution in [2.75, 3.05) is 0 Å². The van der Waals surface area contributed by atoms with Crippen molar-refractivity contribution in [1.29, 1.82) is 0 Å². The molecule has 3 rings (SSSR count). The number of hydrogen-bond donors (Lipinski definition) is 1. The molecule has 1 fully saturated rings. The van der Waals surface area contributed by atoms with Crippen molar-refractivity contribution in [3.63, 3.8) is 0 Å². The molecular weight excluding hydrogens is 255 g/mol. The fourth-order valence-electron chi connectivity index (χ4n) is 2.80. The lowest BCUT2D eigenvalue weighted by molar-refractivity contribution is -0.0569. The van der Waals surface area contributed by atoms with E-state index in [1.54, 1.807) is 30.7 Å². The van der Waals surface area contributed by atoms with Gasteiger partial charge in [-0.15, -0.1) is 0 Å². The summed E-state index contributed by atoms with van der Waals surface area (Å²) in [6.07, 6.45) is 8.45. The molecule has 1 heterocycles. The monoisotopic (exact) mass is 272 g/mol. The van der Waals surface area contributed by atoms with Crippen molar-refractivity contribution in [2.45, 2.75) is 31.3 Å². The summed E-state index contributed by atoms with van der Waals surface area (Å²) in [6.45, 7) is 0. The molecule has 0 spiro atoms. The standard InChI is InChI=1S/C16H17FN2O/c17-14-6-4-13(5-7-14)16(20,12-2-1-3-12)10-15-11-18-8-9-19-15/h4-9,11-12,20H,1-3,10H2. The summed E-state index contributed by atoms with van der Waals surface area (Å²) < 4.78 is 13.1. The summed E-state index contributed by atoms with van der Waals surface area (Å²) in [6, 6.07) is 6.14. The number of rotatable bonds is 4. The predicted octanol–water partition coefficient (Wildman–Crippen LogP) is 2.85. The lowest BCUT2D eigenvalue weighted by Gasteiger charge is -2.42. The maximum absolute atomic E-state index is 13.1. The number of benzene rings is 1. The Labute approximate surface area is 117 Å². The molecule has 0 radical (unpaired) electrons. The van der Waals surface area contributed by atoms with E-state index in [4.69, 9.17) is 0 Å². The summed E-state index contributed by atoms with van der Waals surface area (Å²) in [7, 11) is 0. The number of nitrogens with zero attached hydrogens (tertiary/aromatic N) is 2. The van der Waals surface area contributed by atoms with E-state index >= 15 is 0 Å². The number of aromatic nitrogens is 2. The van der Waals surface area contributed by atoms with E-state index in [-0.39, 0.29) is 11.7 Å². The molecule has 0 aliphatic heterocycles. The molecule has 0 saturated heterocycles. The Balaban J connectivity index is 1.93. The van der Waals surface area contributed by atoms with Crippen LogP contribution in [0, 0.1) is 11.7 Å². The summed E-state index contributed by atoms with van der Waals surface area (Å²) in [5.41, 5.74) is 0.530. The summed E-state index contributed by atoms with van der Waals surface area (Å²) >= 11 is 0. The highest BCUT2D eigenvalue weighted by molar-refractivity contribution is 5.26. The molecule has 1 N–H and O–H groups in total. The zero-order valence-electron chi connectivity index (χ0n) is 11.2. The Morgan fingerprint density at radius 3 is 2.50 bits per heavy atom. The van der Waals surface area contributed by atoms with E-state index in [1.165, 1.54) is 12.1 Å². The van der Waals surface area contributed by atoms with Gasteiger partial charge in [0.2, 0.25) is 0 Å². The third-order valence-electron chi connectivity index (χ3n) is 4.19. The van der Waals surface area contributed by atoms with Crippen LogP contribution in [0.1, 0.15) is 30.5 Å². The predicted molar refractivity (Wildman–Crippen MR) is 73.4 cm³/mol. The van der Waals surface area contributed by atoms with Crippen molar-refractivity contribution in [3.8, 4) is 0 Å². The molecule has 2 aromatic rings. The van der Waals surface area contributed by atoms with Gasteiger partial charge < -0.3 is 5.11 Å². The van der Waals surface area contributed by atoms with Crippen LogP contribution < -0.4 is 0 Å². The highest BCUT2D eigenvalue weighted by Crippen LogP contribution is 2.44. The maximum atomic E-state index is 13.1. The first kappa shape index (κ1) is 13.2. The Morgan fingerprint density at radius 1 is 1.20 bits per heavy atom. The van der Waals surface area contributed by atoms with Gasteiger partial charge in [0.15, 0.2) is 0 Å². The second-order valence-corrected chi connectivity index (χ2v) is 5.43. The van der Waals surface area contributed by atoms with E-state index in [1.807, 2.05) is 0 Å². The molecular formula is C16H17FN2O. The molecule has 1 unspecified atom stereocenters. The van der Waals surface area contributed by atoms with E-state index in [0.29, 0.717) is 6.42 Å². The maximum Gasteiger partial charge on any atom is 0.123 e. The first-order valence-electron chi connectivity index (χ1n) is 6.92. The molecule has 1 aromatic carbocycles. The second-order valence-electron chi connectivity index (χ2n) is 5.43. The Morgan fingerprint density at radius 2 is 1.95 bits per heavy atom. The van der Waals surface area contributed by atoms with E-state index in [0.717, 1.165) is 30.5 Å². The van der Waals surface area contributed by atoms with Crippen LogP contribution in [0.25, 0.3) is 0 Å². The number of hydrogen-bond acceptors (Lipinski definition) is 3. The van der Waals surface area contributed by atoms with Crippen LogP contribution in [0.15, 0.2) is 42.9 Å². The van der Waals surface area contributed by atoms with Crippen molar-refractivity contribution in [1.82, 2.24) is 9.97 Å². The van der Waals surface area contributed by atoms with Crippen LogP contribution in [-0.2, 0) is 12.0 Å². The third-order valence-corrected chi connectivity index (χ3v) is 4.19. The van der Waals surface area contributed by atoms with Crippen LogP contribution in [0.5, 0.6) is 0 Å². The minimum Gasteiger partial charge on any atom is -0.384 e. The fourth-order valence-corrected chi connectivity index (χ4v) is 2.80. The Kier molecular flexibility index (Phi) is 3.49. The van der Waals surface area contributed by atoms with Crippen LogP contribution in [0.3, 0.4) is 0 Å². The average molecular weight is 272 g/mol. The van der Waals surface area contributed by atoms with Gasteiger partial charge in [-0.3, -0.25) is 9.97 Å². The SMILES string of the molecule is OC(Cc1cnccn1)(c1ccc(F)cc1)C1CCC1. The van der Waals surface area contributed by atoms with Crippen LogP contribution in [-0.4, -0.2) is 15.1 Å². The van der Waals surface area contributed by atoms with Crippen LogP contribution in [0.4, 0.5) is 4.39 Å². The van der Waals surface area contributed by atoms with Gasteiger partial charge in [-0.2, -0.15) is 0 Å². The molecule has 1 atom stereocenters. The molecule has 104 valence electrons. The minimum atomic E-state index is -0.984. The number of aliphatic hydroxyl groups is 1. The van der Waals surface area contributed by atoms with E-state index in [9.17, 15) is 9.50 Å². The highest BCUT2D eigenvalue weighted by atomic mass is 19.1. The van der Waals surface area contributed by atoms with Gasteiger partial charge in [0, 0.05) is 25.0 Å². The molecule has 1 aliphatic carbocycles.